The van der Waals surface area contributed by atoms with Crippen LogP contribution in [-0.2, 0) is 4.79 Å². The van der Waals surface area contributed by atoms with Crippen molar-refractivity contribution in [3.8, 4) is 0 Å². The lowest BCUT2D eigenvalue weighted by atomic mass is 10.1. The van der Waals surface area contributed by atoms with Crippen LogP contribution in [-0.4, -0.2) is 63.5 Å². The largest absolute Gasteiger partial charge is 0.478 e. The molecule has 0 radical (unpaired) electrons. The second-order valence-electron chi connectivity index (χ2n) is 5.72. The summed E-state index contributed by atoms with van der Waals surface area (Å²) in [5.74, 6) is -0.313. The van der Waals surface area contributed by atoms with Crippen molar-refractivity contribution in [2.75, 3.05) is 18.7 Å². The summed E-state index contributed by atoms with van der Waals surface area (Å²) in [5, 5.41) is 8.90. The van der Waals surface area contributed by atoms with Crippen molar-refractivity contribution in [1.29, 1.82) is 0 Å². The third-order valence-corrected chi connectivity index (χ3v) is 4.94. The van der Waals surface area contributed by atoms with Gasteiger partial charge in [-0.15, -0.1) is 11.8 Å². The summed E-state index contributed by atoms with van der Waals surface area (Å²) in [6.45, 7) is 3.85. The van der Waals surface area contributed by atoms with Crippen molar-refractivity contribution < 1.29 is 19.5 Å². The van der Waals surface area contributed by atoms with Crippen molar-refractivity contribution in [2.45, 2.75) is 25.9 Å². The highest BCUT2D eigenvalue weighted by Crippen LogP contribution is 2.25. The maximum Gasteiger partial charge on any atom is 0.335 e. The van der Waals surface area contributed by atoms with Gasteiger partial charge in [0.1, 0.15) is 6.04 Å². The first-order chi connectivity index (χ1) is 10.8. The van der Waals surface area contributed by atoms with Gasteiger partial charge in [0, 0.05) is 24.4 Å². The molecule has 23 heavy (non-hydrogen) atoms. The summed E-state index contributed by atoms with van der Waals surface area (Å²) in [5.41, 5.74) is 0.520. The number of carboxylic acids is 1. The number of amides is 2. The number of nitrogens with zero attached hydrogens (tertiary/aromatic N) is 2. The fourth-order valence-electron chi connectivity index (χ4n) is 2.26. The molecule has 1 fully saturated rings. The lowest BCUT2D eigenvalue weighted by Gasteiger charge is -2.29. The lowest BCUT2D eigenvalue weighted by molar-refractivity contribution is -0.135. The number of hydrogen-bond donors (Lipinski definition) is 1. The molecule has 6 nitrogen and oxygen atoms in total. The Morgan fingerprint density at radius 3 is 2.30 bits per heavy atom. The van der Waals surface area contributed by atoms with Crippen molar-refractivity contribution in [3.05, 3.63) is 35.4 Å². The third kappa shape index (κ3) is 3.67. The standard InChI is InChI=1S/C16H20N2O4S/c1-10(2)17(3)15(20)13-8-23-9-18(13)14(19)11-4-6-12(7-5-11)16(21)22/h4-7,10,13H,8-9H2,1-3H3,(H,21,22). The van der Waals surface area contributed by atoms with Crippen LogP contribution in [0, 0.1) is 0 Å². The minimum atomic E-state index is -1.03. The van der Waals surface area contributed by atoms with E-state index < -0.39 is 12.0 Å². The Balaban J connectivity index is 2.17. The molecule has 2 rings (SSSR count). The van der Waals surface area contributed by atoms with Crippen LogP contribution in [0.1, 0.15) is 34.6 Å². The predicted octanol–water partition coefficient (Wildman–Crippen LogP) is 1.77. The summed E-state index contributed by atoms with van der Waals surface area (Å²) in [7, 11) is 1.74. The average molecular weight is 336 g/mol. The fraction of sp³-hybridized carbons (Fsp3) is 0.438. The number of benzene rings is 1. The van der Waals surface area contributed by atoms with Gasteiger partial charge in [-0.1, -0.05) is 0 Å². The van der Waals surface area contributed by atoms with E-state index in [0.29, 0.717) is 17.2 Å². The maximum absolute atomic E-state index is 12.6. The van der Waals surface area contributed by atoms with Crippen LogP contribution >= 0.6 is 11.8 Å². The Labute approximate surface area is 139 Å². The van der Waals surface area contributed by atoms with Gasteiger partial charge in [-0.25, -0.2) is 4.79 Å². The Bertz CT molecular complexity index is 615. The Hall–Kier alpha value is -2.02. The number of thioether (sulfide) groups is 1. The molecule has 1 aliphatic heterocycles. The highest BCUT2D eigenvalue weighted by Gasteiger charge is 2.37. The number of carbonyl (C=O) groups excluding carboxylic acids is 2. The molecule has 1 saturated heterocycles. The molecule has 1 aliphatic rings. The van der Waals surface area contributed by atoms with Crippen molar-refractivity contribution in [3.63, 3.8) is 0 Å². The fourth-order valence-corrected chi connectivity index (χ4v) is 3.40. The molecule has 0 spiro atoms. The number of carboxylic acid groups (broad SMARTS) is 1. The van der Waals surface area contributed by atoms with Crippen molar-refractivity contribution in [2.24, 2.45) is 0 Å². The predicted molar refractivity (Wildman–Crippen MR) is 88.6 cm³/mol. The van der Waals surface area contributed by atoms with Crippen LogP contribution in [0.5, 0.6) is 0 Å². The maximum atomic E-state index is 12.6. The summed E-state index contributed by atoms with van der Waals surface area (Å²) in [6, 6.07) is 5.37. The average Bonchev–Trinajstić information content (AvgIpc) is 3.02. The minimum absolute atomic E-state index is 0.0690. The first-order valence-electron chi connectivity index (χ1n) is 7.31. The lowest BCUT2D eigenvalue weighted by Crippen LogP contribution is -2.49. The van der Waals surface area contributed by atoms with Crippen LogP contribution < -0.4 is 0 Å². The zero-order valence-electron chi connectivity index (χ0n) is 13.4. The highest BCUT2D eigenvalue weighted by atomic mass is 32.2. The molecule has 124 valence electrons. The van der Waals surface area contributed by atoms with E-state index >= 15 is 0 Å². The van der Waals surface area contributed by atoms with E-state index in [9.17, 15) is 14.4 Å². The first-order valence-corrected chi connectivity index (χ1v) is 8.47. The normalized spacial score (nSPS) is 17.4. The quantitative estimate of drug-likeness (QED) is 0.906. The van der Waals surface area contributed by atoms with Crippen molar-refractivity contribution >= 4 is 29.5 Å². The summed E-state index contributed by atoms with van der Waals surface area (Å²) < 4.78 is 0. The summed E-state index contributed by atoms with van der Waals surface area (Å²) in [6.07, 6.45) is 0. The van der Waals surface area contributed by atoms with Gasteiger partial charge in [0.15, 0.2) is 0 Å². The molecule has 0 aromatic heterocycles. The van der Waals surface area contributed by atoms with E-state index in [4.69, 9.17) is 5.11 Å². The minimum Gasteiger partial charge on any atom is -0.478 e. The van der Waals surface area contributed by atoms with Gasteiger partial charge in [-0.2, -0.15) is 0 Å². The molecule has 1 atom stereocenters. The van der Waals surface area contributed by atoms with Gasteiger partial charge < -0.3 is 14.9 Å². The highest BCUT2D eigenvalue weighted by molar-refractivity contribution is 7.99. The molecule has 0 saturated carbocycles. The number of hydrogen-bond acceptors (Lipinski definition) is 4. The van der Waals surface area contributed by atoms with Crippen LogP contribution in [0.15, 0.2) is 24.3 Å². The van der Waals surface area contributed by atoms with Gasteiger partial charge in [0.05, 0.1) is 11.4 Å². The molecular weight excluding hydrogens is 316 g/mol. The number of aromatic carboxylic acids is 1. The zero-order valence-corrected chi connectivity index (χ0v) is 14.2. The number of likely N-dealkylation sites (N-methyl/N-ethyl adjacent to an activating group) is 1. The Morgan fingerprint density at radius 2 is 1.78 bits per heavy atom. The molecule has 0 aliphatic carbocycles. The molecular formula is C16H20N2O4S. The smallest absolute Gasteiger partial charge is 0.335 e. The van der Waals surface area contributed by atoms with Crippen molar-refractivity contribution in [1.82, 2.24) is 9.80 Å². The second-order valence-corrected chi connectivity index (χ2v) is 6.72. The monoisotopic (exact) mass is 336 g/mol. The molecule has 2 amide bonds. The first kappa shape index (κ1) is 17.3. The van der Waals surface area contributed by atoms with Crippen LogP contribution in [0.25, 0.3) is 0 Å². The molecule has 0 bridgehead atoms. The topological polar surface area (TPSA) is 77.9 Å². The van der Waals surface area contributed by atoms with Crippen LogP contribution in [0.4, 0.5) is 0 Å². The number of rotatable bonds is 4. The third-order valence-electron chi connectivity index (χ3n) is 3.93. The second kappa shape index (κ2) is 7.04. The molecule has 7 heteroatoms. The summed E-state index contributed by atoms with van der Waals surface area (Å²) in [4.78, 5) is 39.2. The van der Waals surface area contributed by atoms with E-state index in [1.165, 1.54) is 24.3 Å². The Morgan fingerprint density at radius 1 is 1.22 bits per heavy atom. The van der Waals surface area contributed by atoms with E-state index in [1.807, 2.05) is 13.8 Å². The summed E-state index contributed by atoms with van der Waals surface area (Å²) >= 11 is 1.54. The van der Waals surface area contributed by atoms with E-state index in [2.05, 4.69) is 0 Å². The van der Waals surface area contributed by atoms with Gasteiger partial charge in [-0.05, 0) is 38.1 Å². The molecule has 1 N–H and O–H groups in total. The van der Waals surface area contributed by atoms with E-state index in [1.54, 1.807) is 28.6 Å². The number of carbonyl (C=O) groups is 3. The van der Waals surface area contributed by atoms with E-state index in [-0.39, 0.29) is 23.4 Å². The molecule has 1 aromatic rings. The molecule has 1 unspecified atom stereocenters. The Kier molecular flexibility index (Phi) is 5.30. The van der Waals surface area contributed by atoms with E-state index in [0.717, 1.165) is 0 Å². The van der Waals surface area contributed by atoms with Gasteiger partial charge in [0.2, 0.25) is 5.91 Å². The van der Waals surface area contributed by atoms with Crippen LogP contribution in [0.2, 0.25) is 0 Å². The molecule has 1 aromatic carbocycles. The molecule has 1 heterocycles. The van der Waals surface area contributed by atoms with Gasteiger partial charge in [0.25, 0.3) is 5.91 Å². The van der Waals surface area contributed by atoms with Gasteiger partial charge >= 0.3 is 5.97 Å². The SMILES string of the molecule is CC(C)N(C)C(=O)C1CSCN1C(=O)c1ccc(C(=O)O)cc1. The van der Waals surface area contributed by atoms with Gasteiger partial charge in [-0.3, -0.25) is 9.59 Å². The zero-order chi connectivity index (χ0) is 17.1. The van der Waals surface area contributed by atoms with Crippen LogP contribution in [0.3, 0.4) is 0 Å².